The van der Waals surface area contributed by atoms with Crippen molar-refractivity contribution in [2.24, 2.45) is 0 Å². The molecule has 6 heteroatoms. The van der Waals surface area contributed by atoms with E-state index in [1.807, 2.05) is 18.5 Å². The minimum Gasteiger partial charge on any atom is -0.256 e. The van der Waals surface area contributed by atoms with Crippen molar-refractivity contribution >= 4 is 0 Å². The maximum atomic E-state index is 13.7. The van der Waals surface area contributed by atoms with Crippen LogP contribution in [0, 0.1) is 25.5 Å². The van der Waals surface area contributed by atoms with Crippen LogP contribution in [0.3, 0.4) is 0 Å². The fourth-order valence-corrected chi connectivity index (χ4v) is 10.2. The summed E-state index contributed by atoms with van der Waals surface area (Å²) in [7, 11) is 0. The van der Waals surface area contributed by atoms with Crippen molar-refractivity contribution in [3.8, 4) is 123 Å². The zero-order valence-electron chi connectivity index (χ0n) is 41.8. The molecule has 0 unspecified atom stereocenters. The molecule has 0 bridgehead atoms. The summed E-state index contributed by atoms with van der Waals surface area (Å²) in [6.07, 6.45) is 7.29. The summed E-state index contributed by atoms with van der Waals surface area (Å²) < 4.78 is 27.4. The van der Waals surface area contributed by atoms with Gasteiger partial charge in [0, 0.05) is 52.6 Å². The van der Waals surface area contributed by atoms with Crippen LogP contribution in [0.1, 0.15) is 11.1 Å². The Morgan fingerprint density at radius 1 is 0.250 bits per heavy atom. The lowest BCUT2D eigenvalue weighted by Gasteiger charge is -2.18. The van der Waals surface area contributed by atoms with Gasteiger partial charge in [-0.05, 0) is 164 Å². The molecule has 362 valence electrons. The van der Waals surface area contributed by atoms with E-state index in [1.165, 1.54) is 24.3 Å². The van der Waals surface area contributed by atoms with Crippen molar-refractivity contribution in [2.45, 2.75) is 13.8 Å². The third-order valence-corrected chi connectivity index (χ3v) is 14.2. The van der Waals surface area contributed by atoms with Crippen LogP contribution in [0.4, 0.5) is 8.78 Å². The van der Waals surface area contributed by atoms with Crippen LogP contribution in [0.5, 0.6) is 0 Å². The Bertz CT molecular complexity index is 3840. The number of nitrogens with zero attached hydrogens (tertiary/aromatic N) is 4. The first-order valence-electron chi connectivity index (χ1n) is 25.3. The van der Waals surface area contributed by atoms with Gasteiger partial charge in [0.25, 0.3) is 0 Å². The normalized spacial score (nSPS) is 11.2. The highest BCUT2D eigenvalue weighted by Crippen LogP contribution is 2.43. The van der Waals surface area contributed by atoms with Gasteiger partial charge in [-0.1, -0.05) is 170 Å². The number of benzene rings is 9. The second-order valence-electron chi connectivity index (χ2n) is 19.0. The molecule has 0 fully saturated rings. The maximum absolute atomic E-state index is 13.7. The summed E-state index contributed by atoms with van der Waals surface area (Å²) in [5, 5.41) is 0. The number of aryl methyl sites for hydroxylation is 2. The van der Waals surface area contributed by atoms with Crippen LogP contribution in [0.2, 0.25) is 0 Å². The Balaban J connectivity index is 0.935. The van der Waals surface area contributed by atoms with Gasteiger partial charge in [0.1, 0.15) is 11.6 Å². The number of halogens is 2. The molecule has 0 radical (unpaired) electrons. The average molecular weight is 983 g/mol. The van der Waals surface area contributed by atoms with Crippen molar-refractivity contribution in [1.29, 1.82) is 0 Å². The Morgan fingerprint density at radius 2 is 0.526 bits per heavy atom. The molecule has 0 aliphatic rings. The number of pyridine rings is 2. The van der Waals surface area contributed by atoms with Gasteiger partial charge in [0.15, 0.2) is 5.82 Å². The molecule has 0 saturated carbocycles. The molecule has 4 nitrogen and oxygen atoms in total. The van der Waals surface area contributed by atoms with Crippen LogP contribution in [0.15, 0.2) is 255 Å². The second-order valence-corrected chi connectivity index (χ2v) is 19.0. The van der Waals surface area contributed by atoms with Gasteiger partial charge >= 0.3 is 0 Å². The molecule has 3 heterocycles. The van der Waals surface area contributed by atoms with Crippen LogP contribution in [-0.2, 0) is 0 Å². The van der Waals surface area contributed by atoms with Gasteiger partial charge < -0.3 is 0 Å². The van der Waals surface area contributed by atoms with Crippen LogP contribution in [-0.4, -0.2) is 19.9 Å². The second kappa shape index (κ2) is 20.6. The van der Waals surface area contributed by atoms with E-state index in [9.17, 15) is 8.78 Å². The first kappa shape index (κ1) is 47.2. The lowest BCUT2D eigenvalue weighted by molar-refractivity contribution is 0.627. The molecular weight excluding hydrogens is 935 g/mol. The van der Waals surface area contributed by atoms with E-state index in [-0.39, 0.29) is 11.6 Å². The zero-order chi connectivity index (χ0) is 51.5. The maximum Gasteiger partial charge on any atom is 0.159 e. The number of rotatable bonds is 11. The lowest BCUT2D eigenvalue weighted by Crippen LogP contribution is -1.93. The Kier molecular flexibility index (Phi) is 12.8. The lowest BCUT2D eigenvalue weighted by atomic mass is 9.86. The standard InChI is InChI=1S/C70H48F2N4/c1-45-38-68(75-43-66(45)50-28-32-58(71)33-29-50)52-22-16-47(17-23-52)60-10-3-6-13-63(60)55-40-56(42-57(41-55)65-15-8-5-12-62(65)49-20-26-54(27-21-49)70-73-36-9-37-74-70)64-14-7-4-11-61(64)48-18-24-53(25-19-48)69-39-46(2)67(44-76-69)51-30-34-59(72)35-31-51/h3-44H,1-2H3. The third kappa shape index (κ3) is 9.63. The van der Waals surface area contributed by atoms with Crippen LogP contribution in [0.25, 0.3) is 123 Å². The highest BCUT2D eigenvalue weighted by atomic mass is 19.1. The summed E-state index contributed by atoms with van der Waals surface area (Å²) in [5.41, 5.74) is 23.9. The van der Waals surface area contributed by atoms with E-state index >= 15 is 0 Å². The van der Waals surface area contributed by atoms with Gasteiger partial charge in [-0.2, -0.15) is 0 Å². The summed E-state index contributed by atoms with van der Waals surface area (Å²) in [4.78, 5) is 18.7. The number of hydrogen-bond donors (Lipinski definition) is 0. The molecule has 12 rings (SSSR count). The van der Waals surface area contributed by atoms with Gasteiger partial charge in [-0.15, -0.1) is 0 Å². The summed E-state index contributed by atoms with van der Waals surface area (Å²) in [6.45, 7) is 4.14. The Labute approximate surface area is 441 Å². The molecule has 0 aliphatic carbocycles. The first-order valence-corrected chi connectivity index (χ1v) is 25.3. The molecule has 0 saturated heterocycles. The van der Waals surface area contributed by atoms with Crippen molar-refractivity contribution in [3.05, 3.63) is 278 Å². The van der Waals surface area contributed by atoms with E-state index in [4.69, 9.17) is 9.97 Å². The average Bonchev–Trinajstić information content (AvgIpc) is 3.49. The molecule has 9 aromatic carbocycles. The molecule has 0 aliphatic heterocycles. The quantitative estimate of drug-likeness (QED) is 0.130. The minimum atomic E-state index is -0.259. The summed E-state index contributed by atoms with van der Waals surface area (Å²) in [6, 6.07) is 77.7. The van der Waals surface area contributed by atoms with Crippen LogP contribution < -0.4 is 0 Å². The monoisotopic (exact) mass is 982 g/mol. The number of hydrogen-bond acceptors (Lipinski definition) is 4. The van der Waals surface area contributed by atoms with Gasteiger partial charge in [0.05, 0.1) is 11.4 Å². The van der Waals surface area contributed by atoms with Gasteiger partial charge in [-0.3, -0.25) is 9.97 Å². The van der Waals surface area contributed by atoms with Crippen molar-refractivity contribution < 1.29 is 8.78 Å². The molecule has 0 spiro atoms. The molecule has 0 amide bonds. The van der Waals surface area contributed by atoms with Crippen molar-refractivity contribution in [1.82, 2.24) is 19.9 Å². The fraction of sp³-hybridized carbons (Fsp3) is 0.0286. The van der Waals surface area contributed by atoms with Gasteiger partial charge in [0.2, 0.25) is 0 Å². The smallest absolute Gasteiger partial charge is 0.159 e. The largest absolute Gasteiger partial charge is 0.256 e. The molecule has 0 atom stereocenters. The van der Waals surface area contributed by atoms with E-state index in [0.29, 0.717) is 5.82 Å². The minimum absolute atomic E-state index is 0.259. The fourth-order valence-electron chi connectivity index (χ4n) is 10.2. The zero-order valence-corrected chi connectivity index (χ0v) is 41.8. The topological polar surface area (TPSA) is 51.6 Å². The molecular formula is C70H48F2N4. The third-order valence-electron chi connectivity index (χ3n) is 14.2. The van der Waals surface area contributed by atoms with Gasteiger partial charge in [-0.25, -0.2) is 18.7 Å². The SMILES string of the molecule is Cc1cc(-c2ccc(-c3ccccc3-c3cc(-c4ccccc4-c4ccc(-c5cc(C)c(-c6ccc(F)cc6)cn5)cc4)cc(-c4ccccc4-c4ccc(-c5ncccn5)cc4)c3)cc2)ncc1-c1ccc(F)cc1. The Morgan fingerprint density at radius 3 is 0.855 bits per heavy atom. The number of aromatic nitrogens is 4. The van der Waals surface area contributed by atoms with E-state index < -0.39 is 0 Å². The van der Waals surface area contributed by atoms with E-state index in [2.05, 4.69) is 200 Å². The predicted octanol–water partition coefficient (Wildman–Crippen LogP) is 18.5. The molecule has 0 N–H and O–H groups in total. The molecule has 12 aromatic rings. The predicted molar refractivity (Wildman–Crippen MR) is 307 cm³/mol. The first-order chi connectivity index (χ1) is 37.3. The van der Waals surface area contributed by atoms with Crippen molar-refractivity contribution in [2.75, 3.05) is 0 Å². The summed E-state index contributed by atoms with van der Waals surface area (Å²) in [5.74, 6) is 0.171. The summed E-state index contributed by atoms with van der Waals surface area (Å²) >= 11 is 0. The van der Waals surface area contributed by atoms with E-state index in [0.717, 1.165) is 128 Å². The highest BCUT2D eigenvalue weighted by Gasteiger charge is 2.18. The highest BCUT2D eigenvalue weighted by molar-refractivity contribution is 5.94. The molecule has 76 heavy (non-hydrogen) atoms. The van der Waals surface area contributed by atoms with E-state index in [1.54, 1.807) is 36.7 Å². The molecule has 3 aromatic heterocycles. The van der Waals surface area contributed by atoms with Crippen molar-refractivity contribution in [3.63, 3.8) is 0 Å². The Hall–Kier alpha value is -9.78. The van der Waals surface area contributed by atoms with Crippen LogP contribution >= 0.6 is 0 Å².